The van der Waals surface area contributed by atoms with E-state index in [2.05, 4.69) is 10.3 Å². The molecule has 4 nitrogen and oxygen atoms in total. The van der Waals surface area contributed by atoms with Gasteiger partial charge in [0.15, 0.2) is 6.61 Å². The van der Waals surface area contributed by atoms with Crippen LogP contribution in [0.15, 0.2) is 28.7 Å². The van der Waals surface area contributed by atoms with Gasteiger partial charge in [0, 0.05) is 12.7 Å². The molecule has 1 aromatic carbocycles. The molecular formula is C13H16N2O2. The maximum absolute atomic E-state index is 5.58. The number of aryl methyl sites for hydroxylation is 2. The van der Waals surface area contributed by atoms with Crippen molar-refractivity contribution in [3.05, 3.63) is 41.6 Å². The topological polar surface area (TPSA) is 47.3 Å². The third kappa shape index (κ3) is 2.78. The van der Waals surface area contributed by atoms with Crippen molar-refractivity contribution in [2.45, 2.75) is 20.5 Å². The summed E-state index contributed by atoms with van der Waals surface area (Å²) in [5, 5.41) is 3.05. The lowest BCUT2D eigenvalue weighted by Gasteiger charge is -2.04. The fourth-order valence-electron chi connectivity index (χ4n) is 1.46. The summed E-state index contributed by atoms with van der Waals surface area (Å²) in [7, 11) is 1.88. The summed E-state index contributed by atoms with van der Waals surface area (Å²) in [6.07, 6.45) is 0. The molecule has 90 valence electrons. The fourth-order valence-corrected chi connectivity index (χ4v) is 1.46. The van der Waals surface area contributed by atoms with Crippen LogP contribution in [-0.2, 0) is 6.61 Å². The Labute approximate surface area is 101 Å². The van der Waals surface area contributed by atoms with Crippen molar-refractivity contribution in [2.75, 3.05) is 12.4 Å². The Kier molecular flexibility index (Phi) is 3.32. The third-order valence-corrected chi connectivity index (χ3v) is 2.58. The Bertz CT molecular complexity index is 469. The summed E-state index contributed by atoms with van der Waals surface area (Å²) in [6, 6.07) is 7.74. The molecule has 0 saturated heterocycles. The van der Waals surface area contributed by atoms with E-state index in [-0.39, 0.29) is 0 Å². The molecule has 0 atom stereocenters. The van der Waals surface area contributed by atoms with Gasteiger partial charge in [-0.2, -0.15) is 0 Å². The second kappa shape index (κ2) is 4.91. The molecule has 2 aromatic rings. The van der Waals surface area contributed by atoms with Crippen LogP contribution in [0.1, 0.15) is 17.3 Å². The number of anilines is 1. The van der Waals surface area contributed by atoms with Gasteiger partial charge in [0.25, 0.3) is 0 Å². The van der Waals surface area contributed by atoms with Crippen molar-refractivity contribution in [2.24, 2.45) is 0 Å². The zero-order valence-corrected chi connectivity index (χ0v) is 10.3. The molecule has 0 amide bonds. The number of ether oxygens (including phenoxy) is 1. The van der Waals surface area contributed by atoms with Gasteiger partial charge in [-0.05, 0) is 38.1 Å². The molecule has 17 heavy (non-hydrogen) atoms. The summed E-state index contributed by atoms with van der Waals surface area (Å²) in [5.74, 6) is 2.25. The zero-order valence-electron chi connectivity index (χ0n) is 10.3. The van der Waals surface area contributed by atoms with Crippen LogP contribution in [0.25, 0.3) is 0 Å². The standard InChI is InChI=1S/C13H16N2O2/c1-9-10(2)17-13(15-9)8-16-12-6-4-11(14-3)5-7-12/h4-7,14H,8H2,1-3H3. The number of rotatable bonds is 4. The second-order valence-electron chi connectivity index (χ2n) is 3.81. The first-order valence-electron chi connectivity index (χ1n) is 5.52. The zero-order chi connectivity index (χ0) is 12.3. The lowest BCUT2D eigenvalue weighted by atomic mass is 10.3. The number of nitrogens with one attached hydrogen (secondary N) is 1. The number of oxazole rings is 1. The van der Waals surface area contributed by atoms with Crippen molar-refractivity contribution in [3.63, 3.8) is 0 Å². The summed E-state index contributed by atoms with van der Waals surface area (Å²) in [6.45, 7) is 4.17. The maximum atomic E-state index is 5.58. The summed E-state index contributed by atoms with van der Waals surface area (Å²) in [4.78, 5) is 4.25. The highest BCUT2D eigenvalue weighted by molar-refractivity contribution is 5.45. The minimum Gasteiger partial charge on any atom is -0.484 e. The van der Waals surface area contributed by atoms with E-state index < -0.39 is 0 Å². The smallest absolute Gasteiger partial charge is 0.232 e. The maximum Gasteiger partial charge on any atom is 0.232 e. The van der Waals surface area contributed by atoms with Crippen LogP contribution in [0, 0.1) is 13.8 Å². The van der Waals surface area contributed by atoms with Gasteiger partial charge < -0.3 is 14.5 Å². The van der Waals surface area contributed by atoms with Crippen LogP contribution in [0.5, 0.6) is 5.75 Å². The fraction of sp³-hybridized carbons (Fsp3) is 0.308. The van der Waals surface area contributed by atoms with E-state index in [0.717, 1.165) is 22.9 Å². The number of aromatic nitrogens is 1. The Morgan fingerprint density at radius 1 is 1.24 bits per heavy atom. The van der Waals surface area contributed by atoms with Gasteiger partial charge >= 0.3 is 0 Å². The minimum absolute atomic E-state index is 0.355. The van der Waals surface area contributed by atoms with E-state index in [0.29, 0.717) is 12.5 Å². The van der Waals surface area contributed by atoms with Crippen molar-refractivity contribution in [3.8, 4) is 5.75 Å². The first-order valence-corrected chi connectivity index (χ1v) is 5.52. The average Bonchev–Trinajstić information content (AvgIpc) is 2.67. The molecule has 0 unspecified atom stereocenters. The molecular weight excluding hydrogens is 216 g/mol. The molecule has 0 fully saturated rings. The van der Waals surface area contributed by atoms with Gasteiger partial charge in [0.1, 0.15) is 11.5 Å². The van der Waals surface area contributed by atoms with Gasteiger partial charge in [0.05, 0.1) is 5.69 Å². The molecule has 0 aliphatic rings. The minimum atomic E-state index is 0.355. The van der Waals surface area contributed by atoms with E-state index in [9.17, 15) is 0 Å². The highest BCUT2D eigenvalue weighted by atomic mass is 16.5. The predicted octanol–water partition coefficient (Wildman–Crippen LogP) is 2.91. The number of nitrogens with zero attached hydrogens (tertiary/aromatic N) is 1. The molecule has 0 bridgehead atoms. The summed E-state index contributed by atoms with van der Waals surface area (Å²) < 4.78 is 11.0. The SMILES string of the molecule is CNc1ccc(OCc2nc(C)c(C)o2)cc1. The van der Waals surface area contributed by atoms with Gasteiger partial charge in [0.2, 0.25) is 5.89 Å². The molecule has 1 heterocycles. The van der Waals surface area contributed by atoms with Crippen LogP contribution in [-0.4, -0.2) is 12.0 Å². The van der Waals surface area contributed by atoms with Crippen LogP contribution < -0.4 is 10.1 Å². The number of hydrogen-bond acceptors (Lipinski definition) is 4. The van der Waals surface area contributed by atoms with Crippen LogP contribution in [0.2, 0.25) is 0 Å². The van der Waals surface area contributed by atoms with E-state index in [1.54, 1.807) is 0 Å². The Morgan fingerprint density at radius 2 is 1.94 bits per heavy atom. The Hall–Kier alpha value is -1.97. The molecule has 2 rings (SSSR count). The quantitative estimate of drug-likeness (QED) is 0.880. The predicted molar refractivity (Wildman–Crippen MR) is 66.3 cm³/mol. The van der Waals surface area contributed by atoms with Crippen LogP contribution in [0.4, 0.5) is 5.69 Å². The van der Waals surface area contributed by atoms with E-state index >= 15 is 0 Å². The molecule has 4 heteroatoms. The lowest BCUT2D eigenvalue weighted by Crippen LogP contribution is -1.96. The van der Waals surface area contributed by atoms with Crippen molar-refractivity contribution >= 4 is 5.69 Å². The molecule has 1 N–H and O–H groups in total. The van der Waals surface area contributed by atoms with E-state index in [1.165, 1.54) is 0 Å². The first kappa shape index (κ1) is 11.5. The van der Waals surface area contributed by atoms with Crippen molar-refractivity contribution in [1.29, 1.82) is 0 Å². The van der Waals surface area contributed by atoms with Gasteiger partial charge in [-0.1, -0.05) is 0 Å². The van der Waals surface area contributed by atoms with Gasteiger partial charge in [-0.3, -0.25) is 0 Å². The van der Waals surface area contributed by atoms with Crippen molar-refractivity contribution in [1.82, 2.24) is 4.98 Å². The summed E-state index contributed by atoms with van der Waals surface area (Å²) in [5.41, 5.74) is 1.97. The number of benzene rings is 1. The molecule has 0 aliphatic heterocycles. The number of hydrogen-bond donors (Lipinski definition) is 1. The van der Waals surface area contributed by atoms with E-state index in [1.807, 2.05) is 45.2 Å². The first-order chi connectivity index (χ1) is 8.19. The normalized spacial score (nSPS) is 10.3. The monoisotopic (exact) mass is 232 g/mol. The molecule has 0 spiro atoms. The van der Waals surface area contributed by atoms with Gasteiger partial charge in [-0.25, -0.2) is 4.98 Å². The molecule has 0 radical (unpaired) electrons. The lowest BCUT2D eigenvalue weighted by molar-refractivity contribution is 0.260. The second-order valence-corrected chi connectivity index (χ2v) is 3.81. The highest BCUT2D eigenvalue weighted by Crippen LogP contribution is 2.17. The van der Waals surface area contributed by atoms with Crippen molar-refractivity contribution < 1.29 is 9.15 Å². The van der Waals surface area contributed by atoms with E-state index in [4.69, 9.17) is 9.15 Å². The van der Waals surface area contributed by atoms with Crippen LogP contribution in [0.3, 0.4) is 0 Å². The largest absolute Gasteiger partial charge is 0.484 e. The Balaban J connectivity index is 1.97. The van der Waals surface area contributed by atoms with Gasteiger partial charge in [-0.15, -0.1) is 0 Å². The molecule has 0 aliphatic carbocycles. The average molecular weight is 232 g/mol. The highest BCUT2D eigenvalue weighted by Gasteiger charge is 2.05. The molecule has 0 saturated carbocycles. The van der Waals surface area contributed by atoms with Crippen LogP contribution >= 0.6 is 0 Å². The molecule has 1 aromatic heterocycles. The summed E-state index contributed by atoms with van der Waals surface area (Å²) >= 11 is 0. The Morgan fingerprint density at radius 3 is 2.47 bits per heavy atom. The third-order valence-electron chi connectivity index (χ3n) is 2.58.